The molecular weight excluding hydrogens is 466 g/mol. The van der Waals surface area contributed by atoms with Gasteiger partial charge in [0.1, 0.15) is 6.04 Å². The Kier molecular flexibility index (Phi) is 7.71. The summed E-state index contributed by atoms with van der Waals surface area (Å²) in [6.45, 7) is 8.26. The van der Waals surface area contributed by atoms with Gasteiger partial charge in [0.2, 0.25) is 12.3 Å². The lowest BCUT2D eigenvalue weighted by Crippen LogP contribution is -2.43. The number of hydrogen-bond acceptors (Lipinski definition) is 4. The molecule has 0 aliphatic carbocycles. The van der Waals surface area contributed by atoms with Crippen molar-refractivity contribution in [3.05, 3.63) is 88.7 Å². The van der Waals surface area contributed by atoms with Crippen LogP contribution in [0.2, 0.25) is 0 Å². The van der Waals surface area contributed by atoms with E-state index in [0.29, 0.717) is 18.5 Å². The largest absolute Gasteiger partial charge is 0.481 e. The van der Waals surface area contributed by atoms with Gasteiger partial charge >= 0.3 is 5.97 Å². The van der Waals surface area contributed by atoms with E-state index >= 15 is 0 Å². The number of aromatic nitrogens is 1. The van der Waals surface area contributed by atoms with Gasteiger partial charge in [-0.25, -0.2) is 0 Å². The minimum atomic E-state index is -1.00. The second kappa shape index (κ2) is 10.9. The number of pyridine rings is 1. The summed E-state index contributed by atoms with van der Waals surface area (Å²) in [6.07, 6.45) is 4.32. The Morgan fingerprint density at radius 1 is 1.11 bits per heavy atom. The molecular formula is C30H33N3O4. The highest BCUT2D eigenvalue weighted by Crippen LogP contribution is 2.36. The number of aryl methyl sites for hydroxylation is 3. The summed E-state index contributed by atoms with van der Waals surface area (Å²) in [7, 11) is 0. The highest BCUT2D eigenvalue weighted by molar-refractivity contribution is 5.87. The van der Waals surface area contributed by atoms with E-state index in [1.165, 1.54) is 4.90 Å². The third-order valence-electron chi connectivity index (χ3n) is 7.35. The Balaban J connectivity index is 1.68. The zero-order valence-electron chi connectivity index (χ0n) is 21.7. The first-order valence-electron chi connectivity index (χ1n) is 12.5. The summed E-state index contributed by atoms with van der Waals surface area (Å²) in [4.78, 5) is 45.4. The Morgan fingerprint density at radius 3 is 2.43 bits per heavy atom. The molecule has 1 fully saturated rings. The van der Waals surface area contributed by atoms with Gasteiger partial charge in [0.05, 0.1) is 12.5 Å². The topological polar surface area (TPSA) is 90.8 Å². The van der Waals surface area contributed by atoms with Crippen LogP contribution in [0.1, 0.15) is 53.6 Å². The number of rotatable bonds is 9. The number of carboxylic acids is 1. The number of nitrogens with zero attached hydrogens (tertiary/aromatic N) is 3. The lowest BCUT2D eigenvalue weighted by Gasteiger charge is -2.32. The van der Waals surface area contributed by atoms with Gasteiger partial charge in [-0.15, -0.1) is 0 Å². The van der Waals surface area contributed by atoms with Crippen LogP contribution in [-0.4, -0.2) is 50.3 Å². The molecule has 37 heavy (non-hydrogen) atoms. The number of carbonyl (C=O) groups excluding carboxylic acids is 2. The Bertz CT molecular complexity index is 1300. The van der Waals surface area contributed by atoms with Crippen LogP contribution in [0.25, 0.3) is 11.1 Å². The molecule has 7 nitrogen and oxygen atoms in total. The van der Waals surface area contributed by atoms with Crippen LogP contribution >= 0.6 is 0 Å². The minimum Gasteiger partial charge on any atom is -0.481 e. The summed E-state index contributed by atoms with van der Waals surface area (Å²) in [5.74, 6) is -1.24. The van der Waals surface area contributed by atoms with Crippen molar-refractivity contribution in [2.75, 3.05) is 0 Å². The van der Waals surface area contributed by atoms with E-state index in [0.717, 1.165) is 39.8 Å². The van der Waals surface area contributed by atoms with Crippen molar-refractivity contribution < 1.29 is 19.5 Å². The number of hydrogen-bond donors (Lipinski definition) is 1. The van der Waals surface area contributed by atoms with Gasteiger partial charge in [0, 0.05) is 30.5 Å². The summed E-state index contributed by atoms with van der Waals surface area (Å²) in [6, 6.07) is 14.2. The molecule has 1 saturated heterocycles. The van der Waals surface area contributed by atoms with Gasteiger partial charge in [0.25, 0.3) is 0 Å². The molecule has 2 heterocycles. The van der Waals surface area contributed by atoms with Gasteiger partial charge in [-0.2, -0.15) is 0 Å². The Hall–Kier alpha value is -4.00. The van der Waals surface area contributed by atoms with E-state index in [4.69, 9.17) is 0 Å². The number of benzene rings is 2. The van der Waals surface area contributed by atoms with Crippen molar-refractivity contribution >= 4 is 18.3 Å². The van der Waals surface area contributed by atoms with Gasteiger partial charge in [-0.05, 0) is 73.6 Å². The normalized spacial score (nSPS) is 18.1. The summed E-state index contributed by atoms with van der Waals surface area (Å²) < 4.78 is 0. The van der Waals surface area contributed by atoms with Crippen LogP contribution in [-0.2, 0) is 20.9 Å². The lowest BCUT2D eigenvalue weighted by atomic mass is 9.94. The van der Waals surface area contributed by atoms with E-state index in [1.54, 1.807) is 17.3 Å². The average molecular weight is 500 g/mol. The fourth-order valence-electron chi connectivity index (χ4n) is 5.46. The van der Waals surface area contributed by atoms with Crippen molar-refractivity contribution in [1.82, 2.24) is 14.8 Å². The number of carboxylic acid groups (broad SMARTS) is 1. The van der Waals surface area contributed by atoms with E-state index in [9.17, 15) is 19.5 Å². The third-order valence-corrected chi connectivity index (χ3v) is 7.35. The maximum atomic E-state index is 13.8. The lowest BCUT2D eigenvalue weighted by molar-refractivity contribution is -0.143. The van der Waals surface area contributed by atoms with Crippen LogP contribution in [0.15, 0.2) is 60.9 Å². The van der Waals surface area contributed by atoms with Crippen LogP contribution in [0.5, 0.6) is 0 Å². The molecule has 2 aromatic carbocycles. The van der Waals surface area contributed by atoms with Gasteiger partial charge in [-0.1, -0.05) is 42.5 Å². The summed E-state index contributed by atoms with van der Waals surface area (Å²) >= 11 is 0. The minimum absolute atomic E-state index is 0.239. The predicted molar refractivity (Wildman–Crippen MR) is 142 cm³/mol. The molecule has 1 aromatic heterocycles. The molecule has 1 aliphatic rings. The maximum absolute atomic E-state index is 13.8. The first-order valence-corrected chi connectivity index (χ1v) is 12.5. The standard InChI is InChI=1S/C30H33N3O4/c1-19-8-5-6-11-23(19)17-32(18-34)27-12-22(4)33(30(27)37)26(14-28(35)36)24-13-25(16-31-15-24)29-20(2)9-7-10-21(29)3/h5-11,13,15-16,18,22,26-27H,12,14,17H2,1-4H3,(H,35,36). The molecule has 3 unspecified atom stereocenters. The van der Waals surface area contributed by atoms with Crippen molar-refractivity contribution in [2.45, 2.75) is 65.2 Å². The molecule has 7 heteroatoms. The predicted octanol–water partition coefficient (Wildman–Crippen LogP) is 4.84. The molecule has 2 amide bonds. The second-order valence-electron chi connectivity index (χ2n) is 9.94. The van der Waals surface area contributed by atoms with Crippen LogP contribution in [0, 0.1) is 20.8 Å². The SMILES string of the molecule is Cc1ccccc1CN(C=O)C1CC(C)N(C(CC(=O)O)c2cncc(-c3c(C)cccc3C)c2)C1=O. The summed E-state index contributed by atoms with van der Waals surface area (Å²) in [5.41, 5.74) is 6.81. The molecule has 0 radical (unpaired) electrons. The molecule has 0 spiro atoms. The zero-order chi connectivity index (χ0) is 26.7. The number of carbonyl (C=O) groups is 3. The average Bonchev–Trinajstić information content (AvgIpc) is 3.15. The summed E-state index contributed by atoms with van der Waals surface area (Å²) in [5, 5.41) is 9.77. The maximum Gasteiger partial charge on any atom is 0.305 e. The highest BCUT2D eigenvalue weighted by Gasteiger charge is 2.44. The number of likely N-dealkylation sites (tertiary alicyclic amines) is 1. The fraction of sp³-hybridized carbons (Fsp3) is 0.333. The van der Waals surface area contributed by atoms with Gasteiger partial charge in [0.15, 0.2) is 0 Å². The van der Waals surface area contributed by atoms with Crippen molar-refractivity contribution in [2.24, 2.45) is 0 Å². The molecule has 0 saturated carbocycles. The number of amides is 2. The fourth-order valence-corrected chi connectivity index (χ4v) is 5.46. The molecule has 1 N–H and O–H groups in total. The third kappa shape index (κ3) is 5.40. The Labute approximate surface area is 217 Å². The Morgan fingerprint density at radius 2 is 1.78 bits per heavy atom. The molecule has 192 valence electrons. The highest BCUT2D eigenvalue weighted by atomic mass is 16.4. The second-order valence-corrected chi connectivity index (χ2v) is 9.94. The molecule has 3 atom stereocenters. The van der Waals surface area contributed by atoms with E-state index in [-0.39, 0.29) is 18.4 Å². The molecule has 3 aromatic rings. The van der Waals surface area contributed by atoms with Crippen LogP contribution in [0.3, 0.4) is 0 Å². The molecule has 4 rings (SSSR count). The zero-order valence-corrected chi connectivity index (χ0v) is 21.7. The molecule has 0 bridgehead atoms. The van der Waals surface area contributed by atoms with Crippen molar-refractivity contribution in [3.63, 3.8) is 0 Å². The number of aliphatic carboxylic acids is 1. The van der Waals surface area contributed by atoms with Crippen molar-refractivity contribution in [3.8, 4) is 11.1 Å². The first kappa shape index (κ1) is 26.1. The van der Waals surface area contributed by atoms with Crippen LogP contribution in [0.4, 0.5) is 0 Å². The quantitative estimate of drug-likeness (QED) is 0.426. The van der Waals surface area contributed by atoms with Crippen molar-refractivity contribution in [1.29, 1.82) is 0 Å². The molecule has 1 aliphatic heterocycles. The smallest absolute Gasteiger partial charge is 0.305 e. The van der Waals surface area contributed by atoms with Crippen LogP contribution < -0.4 is 0 Å². The van der Waals surface area contributed by atoms with Gasteiger partial charge in [-0.3, -0.25) is 19.4 Å². The first-order chi connectivity index (χ1) is 17.7. The van der Waals surface area contributed by atoms with E-state index in [2.05, 4.69) is 4.98 Å². The van der Waals surface area contributed by atoms with E-state index in [1.807, 2.05) is 76.2 Å². The monoisotopic (exact) mass is 499 g/mol. The van der Waals surface area contributed by atoms with Gasteiger partial charge < -0.3 is 14.9 Å². The van der Waals surface area contributed by atoms with E-state index < -0.39 is 18.1 Å².